The smallest absolute Gasteiger partial charge is 0.381 e. The van der Waals surface area contributed by atoms with Crippen LogP contribution < -0.4 is 0 Å². The Balaban J connectivity index is 2.70. The number of hydrogen-bond acceptors (Lipinski definition) is 4. The van der Waals surface area contributed by atoms with Crippen molar-refractivity contribution in [1.29, 1.82) is 0 Å². The zero-order chi connectivity index (χ0) is 10.1. The first kappa shape index (κ1) is 8.96. The van der Waals surface area contributed by atoms with Gasteiger partial charge in [-0.1, -0.05) is 12.1 Å². The zero-order valence-corrected chi connectivity index (χ0v) is 7.69. The maximum atomic E-state index is 10.4. The average molecular weight is 213 g/mol. The van der Waals surface area contributed by atoms with E-state index in [1.54, 1.807) is 18.2 Å². The third-order valence-corrected chi connectivity index (χ3v) is 2.08. The van der Waals surface area contributed by atoms with E-state index in [2.05, 4.69) is 4.98 Å². The van der Waals surface area contributed by atoms with E-state index in [-0.39, 0.29) is 5.88 Å². The number of nitrogens with zero attached hydrogens (tertiary/aromatic N) is 2. The van der Waals surface area contributed by atoms with Crippen LogP contribution in [0.2, 0.25) is 0 Å². The highest BCUT2D eigenvalue weighted by Crippen LogP contribution is 2.24. The molecule has 0 aliphatic carbocycles. The molecule has 0 saturated carbocycles. The summed E-state index contributed by atoms with van der Waals surface area (Å²) in [6, 6.07) is 4.58. The molecule has 1 heterocycles. The van der Waals surface area contributed by atoms with Crippen LogP contribution in [0.1, 0.15) is 5.56 Å². The van der Waals surface area contributed by atoms with Crippen LogP contribution in [0.15, 0.2) is 22.6 Å². The van der Waals surface area contributed by atoms with Crippen molar-refractivity contribution in [3.63, 3.8) is 0 Å². The fraction of sp³-hybridized carbons (Fsp3) is 0.125. The van der Waals surface area contributed by atoms with Crippen LogP contribution in [0.5, 0.6) is 0 Å². The topological polar surface area (TPSA) is 69.2 Å². The lowest BCUT2D eigenvalue weighted by atomic mass is 10.2. The van der Waals surface area contributed by atoms with Crippen molar-refractivity contribution < 1.29 is 9.34 Å². The first-order valence-electron chi connectivity index (χ1n) is 3.81. The molecule has 0 unspecified atom stereocenters. The largest absolute Gasteiger partial charge is 0.546 e. The molecule has 14 heavy (non-hydrogen) atoms. The van der Waals surface area contributed by atoms with Gasteiger partial charge in [-0.15, -0.1) is 11.6 Å². The number of para-hydroxylation sites is 1. The molecule has 0 aliphatic rings. The Morgan fingerprint density at radius 3 is 3.00 bits per heavy atom. The summed E-state index contributed by atoms with van der Waals surface area (Å²) < 4.78 is 4.90. The van der Waals surface area contributed by atoms with E-state index in [0.717, 1.165) is 5.56 Å². The van der Waals surface area contributed by atoms with Crippen LogP contribution in [0.4, 0.5) is 6.01 Å². The minimum atomic E-state index is -0.669. The minimum absolute atomic E-state index is 0.251. The normalized spacial score (nSPS) is 10.6. The highest BCUT2D eigenvalue weighted by molar-refractivity contribution is 6.17. The van der Waals surface area contributed by atoms with Crippen LogP contribution in [0.3, 0.4) is 0 Å². The maximum absolute atomic E-state index is 10.4. The molecule has 0 saturated heterocycles. The molecular formula is C8H5ClN2O3. The first-order valence-corrected chi connectivity index (χ1v) is 4.34. The van der Waals surface area contributed by atoms with E-state index in [0.29, 0.717) is 11.1 Å². The molecule has 0 aliphatic heterocycles. The van der Waals surface area contributed by atoms with Gasteiger partial charge in [0.2, 0.25) is 5.52 Å². The lowest BCUT2D eigenvalue weighted by Gasteiger charge is -1.88. The predicted octanol–water partition coefficient (Wildman–Crippen LogP) is 2.47. The molecule has 0 bridgehead atoms. The van der Waals surface area contributed by atoms with Crippen molar-refractivity contribution in [2.75, 3.05) is 0 Å². The van der Waals surface area contributed by atoms with Crippen LogP contribution >= 0.6 is 11.6 Å². The number of fused-ring (bicyclic) bond motifs is 1. The third-order valence-electron chi connectivity index (χ3n) is 1.79. The van der Waals surface area contributed by atoms with E-state index < -0.39 is 10.9 Å². The number of oxazole rings is 1. The molecular weight excluding hydrogens is 208 g/mol. The molecule has 0 spiro atoms. The fourth-order valence-corrected chi connectivity index (χ4v) is 1.40. The summed E-state index contributed by atoms with van der Waals surface area (Å²) in [5.74, 6) is 0.251. The zero-order valence-electron chi connectivity index (χ0n) is 6.94. The van der Waals surface area contributed by atoms with Gasteiger partial charge >= 0.3 is 6.01 Å². The van der Waals surface area contributed by atoms with E-state index in [4.69, 9.17) is 16.0 Å². The van der Waals surface area contributed by atoms with Gasteiger partial charge in [0.15, 0.2) is 5.58 Å². The fourth-order valence-electron chi connectivity index (χ4n) is 1.18. The maximum Gasteiger partial charge on any atom is 0.546 e. The van der Waals surface area contributed by atoms with Crippen LogP contribution in [0, 0.1) is 10.1 Å². The average Bonchev–Trinajstić information content (AvgIpc) is 2.60. The molecule has 0 radical (unpaired) electrons. The highest BCUT2D eigenvalue weighted by atomic mass is 35.5. The van der Waals surface area contributed by atoms with Gasteiger partial charge in [-0.2, -0.15) is 0 Å². The lowest BCUT2D eigenvalue weighted by Crippen LogP contribution is -1.86. The number of benzene rings is 1. The Labute approximate surface area is 83.4 Å². The quantitative estimate of drug-likeness (QED) is 0.436. The molecule has 2 aromatic rings. The summed E-state index contributed by atoms with van der Waals surface area (Å²) in [4.78, 5) is 13.5. The number of alkyl halides is 1. The summed E-state index contributed by atoms with van der Waals surface area (Å²) in [5.41, 5.74) is 1.56. The minimum Gasteiger partial charge on any atom is -0.381 e. The Morgan fingerprint density at radius 2 is 2.36 bits per heavy atom. The van der Waals surface area contributed by atoms with Gasteiger partial charge < -0.3 is 14.5 Å². The first-order chi connectivity index (χ1) is 6.72. The second-order valence-electron chi connectivity index (χ2n) is 2.65. The van der Waals surface area contributed by atoms with Crippen molar-refractivity contribution in [3.8, 4) is 0 Å². The lowest BCUT2D eigenvalue weighted by molar-refractivity contribution is -0.406. The molecule has 72 valence electrons. The van der Waals surface area contributed by atoms with Crippen LogP contribution in [0.25, 0.3) is 11.1 Å². The van der Waals surface area contributed by atoms with Crippen LogP contribution in [-0.2, 0) is 5.88 Å². The molecule has 0 N–H and O–H groups in total. The predicted molar refractivity (Wildman–Crippen MR) is 50.2 cm³/mol. The Kier molecular flexibility index (Phi) is 2.09. The standard InChI is InChI=1S/C8H5ClN2O3/c9-4-5-2-1-3-6-7(5)10-8(14-6)11(12)13/h1-3H,4H2. The molecule has 0 atom stereocenters. The molecule has 0 fully saturated rings. The van der Waals surface area contributed by atoms with Gasteiger partial charge in [-0.25, -0.2) is 0 Å². The van der Waals surface area contributed by atoms with Gasteiger partial charge in [-0.05, 0) is 6.07 Å². The van der Waals surface area contributed by atoms with Gasteiger partial charge in [0.25, 0.3) is 0 Å². The van der Waals surface area contributed by atoms with E-state index >= 15 is 0 Å². The molecule has 1 aromatic heterocycles. The second-order valence-corrected chi connectivity index (χ2v) is 2.92. The number of nitro groups is 1. The van der Waals surface area contributed by atoms with Gasteiger partial charge in [0, 0.05) is 15.5 Å². The summed E-state index contributed by atoms with van der Waals surface area (Å²) in [5, 5.41) is 10.4. The number of halogens is 1. The molecule has 6 heteroatoms. The van der Waals surface area contributed by atoms with Gasteiger partial charge in [0.05, 0.1) is 5.88 Å². The van der Waals surface area contributed by atoms with Crippen molar-refractivity contribution in [3.05, 3.63) is 33.9 Å². The molecule has 5 nitrogen and oxygen atoms in total. The monoisotopic (exact) mass is 212 g/mol. The Hall–Kier alpha value is -1.62. The summed E-state index contributed by atoms with van der Waals surface area (Å²) in [7, 11) is 0. The van der Waals surface area contributed by atoms with Gasteiger partial charge in [-0.3, -0.25) is 0 Å². The van der Waals surface area contributed by atoms with E-state index in [1.807, 2.05) is 0 Å². The van der Waals surface area contributed by atoms with Crippen LogP contribution in [-0.4, -0.2) is 9.91 Å². The highest BCUT2D eigenvalue weighted by Gasteiger charge is 2.19. The summed E-state index contributed by atoms with van der Waals surface area (Å²) in [6.45, 7) is 0. The van der Waals surface area contributed by atoms with Crippen molar-refractivity contribution in [2.24, 2.45) is 0 Å². The SMILES string of the molecule is O=[N+]([O-])c1nc2c(CCl)cccc2o1. The second kappa shape index (κ2) is 3.26. The Bertz CT molecular complexity index is 494. The molecule has 0 amide bonds. The van der Waals surface area contributed by atoms with Crippen molar-refractivity contribution in [1.82, 2.24) is 4.98 Å². The number of hydrogen-bond donors (Lipinski definition) is 0. The molecule has 2 rings (SSSR count). The van der Waals surface area contributed by atoms with Crippen molar-refractivity contribution >= 4 is 28.7 Å². The third kappa shape index (κ3) is 1.31. The molecule has 1 aromatic carbocycles. The Morgan fingerprint density at radius 1 is 1.57 bits per heavy atom. The van der Waals surface area contributed by atoms with E-state index in [9.17, 15) is 10.1 Å². The van der Waals surface area contributed by atoms with Crippen molar-refractivity contribution in [2.45, 2.75) is 5.88 Å². The number of rotatable bonds is 2. The number of aromatic nitrogens is 1. The summed E-state index contributed by atoms with van der Waals surface area (Å²) >= 11 is 5.64. The summed E-state index contributed by atoms with van der Waals surface area (Å²) in [6.07, 6.45) is 0. The van der Waals surface area contributed by atoms with Gasteiger partial charge in [0.1, 0.15) is 0 Å². The van der Waals surface area contributed by atoms with E-state index in [1.165, 1.54) is 0 Å².